The maximum absolute atomic E-state index is 12.6. The number of nitrogens with one attached hydrogen (secondary N) is 1. The Morgan fingerprint density at radius 3 is 2.30 bits per heavy atom. The number of carbonyl (C=O) groups excluding carboxylic acids is 3. The monoisotopic (exact) mass is 446 g/mol. The van der Waals surface area contributed by atoms with E-state index >= 15 is 0 Å². The minimum absolute atomic E-state index is 0.177. The summed E-state index contributed by atoms with van der Waals surface area (Å²) < 4.78 is 10.5. The Labute approximate surface area is 192 Å². The Balaban J connectivity index is 1.58. The van der Waals surface area contributed by atoms with Crippen LogP contribution in [0.2, 0.25) is 0 Å². The van der Waals surface area contributed by atoms with Gasteiger partial charge in [-0.05, 0) is 23.8 Å². The molecule has 0 aromatic heterocycles. The highest BCUT2D eigenvalue weighted by Crippen LogP contribution is 2.19. The normalized spacial score (nSPS) is 10.2. The van der Waals surface area contributed by atoms with Crippen molar-refractivity contribution in [1.29, 1.82) is 0 Å². The fourth-order valence-electron chi connectivity index (χ4n) is 3.24. The zero-order valence-corrected chi connectivity index (χ0v) is 18.6. The van der Waals surface area contributed by atoms with Crippen LogP contribution in [0.15, 0.2) is 78.9 Å². The molecule has 3 aromatic carbocycles. The number of nitrogens with zero attached hydrogens (tertiary/aromatic N) is 1. The number of amides is 2. The lowest BCUT2D eigenvalue weighted by Crippen LogP contribution is -2.31. The number of likely N-dealkylation sites (N-methyl/N-ethyl adjacent to an activating group) is 1. The van der Waals surface area contributed by atoms with Crippen molar-refractivity contribution in [3.05, 3.63) is 95.6 Å². The highest BCUT2D eigenvalue weighted by molar-refractivity contribution is 6.02. The van der Waals surface area contributed by atoms with Crippen LogP contribution in [0, 0.1) is 0 Å². The quantitative estimate of drug-likeness (QED) is 0.507. The average Bonchev–Trinajstić information content (AvgIpc) is 2.83. The van der Waals surface area contributed by atoms with Gasteiger partial charge in [0.15, 0.2) is 6.61 Å². The molecule has 33 heavy (non-hydrogen) atoms. The predicted octanol–water partition coefficient (Wildman–Crippen LogP) is 3.69. The smallest absolute Gasteiger partial charge is 0.340 e. The lowest BCUT2D eigenvalue weighted by molar-refractivity contribution is -0.133. The van der Waals surface area contributed by atoms with E-state index in [-0.39, 0.29) is 23.8 Å². The SMILES string of the molecule is COc1ccccc1CN(C)C(=O)COC(=O)c1ccccc1NC(=O)Cc1ccccc1. The van der Waals surface area contributed by atoms with Crippen molar-refractivity contribution in [2.24, 2.45) is 0 Å². The lowest BCUT2D eigenvalue weighted by Gasteiger charge is -2.19. The molecule has 0 fully saturated rings. The van der Waals surface area contributed by atoms with E-state index in [0.717, 1.165) is 11.1 Å². The predicted molar refractivity (Wildman–Crippen MR) is 125 cm³/mol. The summed E-state index contributed by atoms with van der Waals surface area (Å²) in [6.45, 7) is -0.108. The van der Waals surface area contributed by atoms with Crippen molar-refractivity contribution in [2.75, 3.05) is 26.1 Å². The molecule has 0 heterocycles. The van der Waals surface area contributed by atoms with Crippen LogP contribution in [0.4, 0.5) is 5.69 Å². The van der Waals surface area contributed by atoms with Gasteiger partial charge in [-0.1, -0.05) is 60.7 Å². The molecular weight excluding hydrogens is 420 g/mol. The van der Waals surface area contributed by atoms with E-state index in [1.165, 1.54) is 4.90 Å². The molecular formula is C26H26N2O5. The van der Waals surface area contributed by atoms with E-state index < -0.39 is 12.6 Å². The van der Waals surface area contributed by atoms with E-state index in [1.807, 2.05) is 54.6 Å². The lowest BCUT2D eigenvalue weighted by atomic mass is 10.1. The Hall–Kier alpha value is -4.13. The van der Waals surface area contributed by atoms with Crippen LogP contribution in [-0.2, 0) is 27.3 Å². The van der Waals surface area contributed by atoms with Crippen LogP contribution in [0.3, 0.4) is 0 Å². The van der Waals surface area contributed by atoms with Crippen molar-refractivity contribution in [2.45, 2.75) is 13.0 Å². The molecule has 0 saturated heterocycles. The van der Waals surface area contributed by atoms with Crippen LogP contribution in [0.25, 0.3) is 0 Å². The summed E-state index contributed by atoms with van der Waals surface area (Å²) in [4.78, 5) is 39.0. The van der Waals surface area contributed by atoms with Crippen LogP contribution in [0.5, 0.6) is 5.75 Å². The third kappa shape index (κ3) is 6.67. The molecule has 0 bridgehead atoms. The number of ether oxygens (including phenoxy) is 2. The number of para-hydroxylation sites is 2. The fraction of sp³-hybridized carbons (Fsp3) is 0.192. The highest BCUT2D eigenvalue weighted by atomic mass is 16.5. The second kappa shape index (κ2) is 11.5. The molecule has 0 aliphatic heterocycles. The Morgan fingerprint density at radius 1 is 0.879 bits per heavy atom. The highest BCUT2D eigenvalue weighted by Gasteiger charge is 2.18. The number of methoxy groups -OCH3 is 1. The molecule has 0 saturated carbocycles. The van der Waals surface area contributed by atoms with Gasteiger partial charge in [0.2, 0.25) is 5.91 Å². The molecule has 0 unspecified atom stereocenters. The molecule has 3 rings (SSSR count). The van der Waals surface area contributed by atoms with Gasteiger partial charge in [0, 0.05) is 19.2 Å². The molecule has 0 atom stereocenters. The molecule has 0 spiro atoms. The first-order valence-electron chi connectivity index (χ1n) is 10.4. The van der Waals surface area contributed by atoms with Gasteiger partial charge in [0.25, 0.3) is 5.91 Å². The molecule has 170 valence electrons. The number of anilines is 1. The third-order valence-corrected chi connectivity index (χ3v) is 4.98. The number of esters is 1. The topological polar surface area (TPSA) is 84.9 Å². The van der Waals surface area contributed by atoms with Crippen molar-refractivity contribution in [3.8, 4) is 5.75 Å². The molecule has 0 aliphatic carbocycles. The molecule has 1 N–H and O–H groups in total. The number of rotatable bonds is 9. The van der Waals surface area contributed by atoms with Gasteiger partial charge in [0.1, 0.15) is 5.75 Å². The van der Waals surface area contributed by atoms with E-state index in [1.54, 1.807) is 38.4 Å². The number of carbonyl (C=O) groups is 3. The first-order chi connectivity index (χ1) is 16.0. The third-order valence-electron chi connectivity index (χ3n) is 4.98. The minimum Gasteiger partial charge on any atom is -0.496 e. The van der Waals surface area contributed by atoms with Crippen LogP contribution >= 0.6 is 0 Å². The first-order valence-corrected chi connectivity index (χ1v) is 10.4. The summed E-state index contributed by atoms with van der Waals surface area (Å²) in [6, 6.07) is 23.2. The molecule has 3 aromatic rings. The Kier molecular flexibility index (Phi) is 8.18. The van der Waals surface area contributed by atoms with Gasteiger partial charge >= 0.3 is 5.97 Å². The van der Waals surface area contributed by atoms with Crippen molar-refractivity contribution in [3.63, 3.8) is 0 Å². The summed E-state index contributed by atoms with van der Waals surface area (Å²) in [7, 11) is 3.19. The fourth-order valence-corrected chi connectivity index (χ4v) is 3.24. The number of benzene rings is 3. The van der Waals surface area contributed by atoms with E-state index in [4.69, 9.17) is 9.47 Å². The summed E-state index contributed by atoms with van der Waals surface area (Å²) in [6.07, 6.45) is 0.177. The van der Waals surface area contributed by atoms with Gasteiger partial charge in [-0.15, -0.1) is 0 Å². The maximum atomic E-state index is 12.6. The van der Waals surface area contributed by atoms with E-state index in [9.17, 15) is 14.4 Å². The summed E-state index contributed by atoms with van der Waals surface area (Å²) in [5.41, 5.74) is 2.21. The number of hydrogen-bond donors (Lipinski definition) is 1. The van der Waals surface area contributed by atoms with Gasteiger partial charge in [-0.2, -0.15) is 0 Å². The first kappa shape index (κ1) is 23.5. The molecule has 0 aliphatic rings. The van der Waals surface area contributed by atoms with Gasteiger partial charge < -0.3 is 19.7 Å². The molecule has 7 nitrogen and oxygen atoms in total. The Morgan fingerprint density at radius 2 is 1.55 bits per heavy atom. The summed E-state index contributed by atoms with van der Waals surface area (Å²) in [5.74, 6) is -0.632. The molecule has 7 heteroatoms. The van der Waals surface area contributed by atoms with Gasteiger partial charge in [-0.3, -0.25) is 9.59 Å². The van der Waals surface area contributed by atoms with Crippen molar-refractivity contribution < 1.29 is 23.9 Å². The van der Waals surface area contributed by atoms with Crippen LogP contribution < -0.4 is 10.1 Å². The van der Waals surface area contributed by atoms with E-state index in [2.05, 4.69) is 5.32 Å². The van der Waals surface area contributed by atoms with E-state index in [0.29, 0.717) is 18.0 Å². The summed E-state index contributed by atoms with van der Waals surface area (Å²) in [5, 5.41) is 2.75. The largest absolute Gasteiger partial charge is 0.496 e. The molecule has 2 amide bonds. The van der Waals surface area contributed by atoms with Gasteiger partial charge in [-0.25, -0.2) is 4.79 Å². The standard InChI is InChI=1S/C26H26N2O5/c1-28(17-20-12-6-9-15-23(20)32-2)25(30)18-33-26(31)21-13-7-8-14-22(21)27-24(29)16-19-10-4-3-5-11-19/h3-15H,16-18H2,1-2H3,(H,27,29). The second-order valence-corrected chi connectivity index (χ2v) is 7.39. The second-order valence-electron chi connectivity index (χ2n) is 7.39. The average molecular weight is 447 g/mol. The maximum Gasteiger partial charge on any atom is 0.340 e. The zero-order valence-electron chi connectivity index (χ0n) is 18.6. The van der Waals surface area contributed by atoms with Crippen molar-refractivity contribution >= 4 is 23.5 Å². The van der Waals surface area contributed by atoms with Crippen LogP contribution in [-0.4, -0.2) is 43.4 Å². The van der Waals surface area contributed by atoms with Crippen LogP contribution in [0.1, 0.15) is 21.5 Å². The van der Waals surface area contributed by atoms with Crippen molar-refractivity contribution in [1.82, 2.24) is 4.90 Å². The summed E-state index contributed by atoms with van der Waals surface area (Å²) >= 11 is 0. The Bertz CT molecular complexity index is 1110. The minimum atomic E-state index is -0.690. The number of hydrogen-bond acceptors (Lipinski definition) is 5. The molecule has 0 radical (unpaired) electrons. The zero-order chi connectivity index (χ0) is 23.6. The van der Waals surface area contributed by atoms with Gasteiger partial charge in [0.05, 0.1) is 24.8 Å².